The first-order valence-corrected chi connectivity index (χ1v) is 9.39. The number of piperidine rings is 1. The Labute approximate surface area is 145 Å². The molecule has 1 saturated heterocycles. The van der Waals surface area contributed by atoms with Gasteiger partial charge in [-0.3, -0.25) is 9.69 Å². The molecule has 2 N–H and O–H groups in total. The molecule has 3 rings (SSSR count). The second kappa shape index (κ2) is 8.13. The first kappa shape index (κ1) is 17.4. The number of carbonyl (C=O) groups excluding carboxylic acids is 1. The van der Waals surface area contributed by atoms with E-state index in [4.69, 9.17) is 0 Å². The number of aliphatic hydroxyl groups excluding tert-OH is 1. The zero-order chi connectivity index (χ0) is 16.9. The molecule has 1 aromatic carbocycles. The molecule has 4 nitrogen and oxygen atoms in total. The number of likely N-dealkylation sites (tertiary alicyclic amines) is 1. The van der Waals surface area contributed by atoms with Gasteiger partial charge in [0.2, 0.25) is 5.91 Å². The molecule has 2 aliphatic rings. The molecule has 1 aliphatic heterocycles. The van der Waals surface area contributed by atoms with Gasteiger partial charge in [0.1, 0.15) is 0 Å². The van der Waals surface area contributed by atoms with Crippen LogP contribution in [-0.4, -0.2) is 41.1 Å². The van der Waals surface area contributed by atoms with Crippen LogP contribution < -0.4 is 5.32 Å². The van der Waals surface area contributed by atoms with Crippen molar-refractivity contribution in [3.63, 3.8) is 0 Å². The molecule has 0 bridgehead atoms. The normalized spacial score (nSPS) is 26.2. The Hall–Kier alpha value is -1.39. The van der Waals surface area contributed by atoms with Gasteiger partial charge >= 0.3 is 0 Å². The molecule has 2 fully saturated rings. The molecule has 0 aromatic heterocycles. The van der Waals surface area contributed by atoms with Gasteiger partial charge in [-0.1, -0.05) is 42.7 Å². The van der Waals surface area contributed by atoms with E-state index in [2.05, 4.69) is 41.4 Å². The molecule has 1 amide bonds. The van der Waals surface area contributed by atoms with Gasteiger partial charge in [-0.25, -0.2) is 0 Å². The summed E-state index contributed by atoms with van der Waals surface area (Å²) in [6.45, 7) is 4.55. The molecule has 4 heteroatoms. The zero-order valence-electron chi connectivity index (χ0n) is 14.7. The summed E-state index contributed by atoms with van der Waals surface area (Å²) in [7, 11) is 0. The Kier molecular flexibility index (Phi) is 5.90. The van der Waals surface area contributed by atoms with E-state index in [0.29, 0.717) is 12.6 Å². The van der Waals surface area contributed by atoms with Crippen LogP contribution in [0.5, 0.6) is 0 Å². The summed E-state index contributed by atoms with van der Waals surface area (Å²) in [6, 6.07) is 8.62. The average Bonchev–Trinajstić information content (AvgIpc) is 2.61. The maximum Gasteiger partial charge on any atom is 0.223 e. The van der Waals surface area contributed by atoms with Crippen LogP contribution in [0.4, 0.5) is 0 Å². The van der Waals surface area contributed by atoms with Crippen LogP contribution in [-0.2, 0) is 11.3 Å². The van der Waals surface area contributed by atoms with E-state index in [0.717, 1.165) is 50.8 Å². The predicted molar refractivity (Wildman–Crippen MR) is 95.6 cm³/mol. The number of amides is 1. The van der Waals surface area contributed by atoms with Crippen LogP contribution in [0, 0.1) is 12.8 Å². The summed E-state index contributed by atoms with van der Waals surface area (Å²) in [5.41, 5.74) is 2.39. The molecule has 0 unspecified atom stereocenters. The molecule has 132 valence electrons. The van der Waals surface area contributed by atoms with Gasteiger partial charge in [-0.05, 0) is 51.3 Å². The summed E-state index contributed by atoms with van der Waals surface area (Å²) >= 11 is 0. The number of benzene rings is 1. The smallest absolute Gasteiger partial charge is 0.223 e. The molecule has 24 heavy (non-hydrogen) atoms. The van der Waals surface area contributed by atoms with Crippen molar-refractivity contribution in [2.75, 3.05) is 13.1 Å². The summed E-state index contributed by atoms with van der Waals surface area (Å²) in [6.07, 6.45) is 6.04. The van der Waals surface area contributed by atoms with E-state index in [1.54, 1.807) is 0 Å². The fourth-order valence-corrected chi connectivity index (χ4v) is 4.05. The van der Waals surface area contributed by atoms with Gasteiger partial charge in [0.15, 0.2) is 0 Å². The number of nitrogens with one attached hydrogen (secondary N) is 1. The monoisotopic (exact) mass is 330 g/mol. The third-order valence-electron chi connectivity index (χ3n) is 5.65. The van der Waals surface area contributed by atoms with Crippen molar-refractivity contribution in [2.45, 2.75) is 64.1 Å². The summed E-state index contributed by atoms with van der Waals surface area (Å²) in [5, 5.41) is 13.3. The van der Waals surface area contributed by atoms with Crippen LogP contribution in [0.3, 0.4) is 0 Å². The molecule has 0 radical (unpaired) electrons. The first-order chi connectivity index (χ1) is 11.6. The maximum absolute atomic E-state index is 12.4. The second-order valence-corrected chi connectivity index (χ2v) is 7.43. The highest BCUT2D eigenvalue weighted by molar-refractivity contribution is 5.78. The van der Waals surface area contributed by atoms with E-state index in [1.807, 2.05) is 0 Å². The highest BCUT2D eigenvalue weighted by atomic mass is 16.3. The summed E-state index contributed by atoms with van der Waals surface area (Å²) in [5.74, 6) is 0.298. The largest absolute Gasteiger partial charge is 0.391 e. The SMILES string of the molecule is Cc1ccc(CNC(=O)C2CCN([C@H]3CCCC[C@H]3O)CC2)cc1. The minimum absolute atomic E-state index is 0.118. The Morgan fingerprint density at radius 2 is 1.79 bits per heavy atom. The van der Waals surface area contributed by atoms with E-state index < -0.39 is 0 Å². The number of aliphatic hydroxyl groups is 1. The lowest BCUT2D eigenvalue weighted by molar-refractivity contribution is -0.127. The van der Waals surface area contributed by atoms with Gasteiger partial charge in [-0.15, -0.1) is 0 Å². The minimum Gasteiger partial charge on any atom is -0.391 e. The van der Waals surface area contributed by atoms with E-state index in [-0.39, 0.29) is 17.9 Å². The van der Waals surface area contributed by atoms with Crippen LogP contribution in [0.25, 0.3) is 0 Å². The Balaban J connectivity index is 1.44. The lowest BCUT2D eigenvalue weighted by Gasteiger charge is -2.41. The third-order valence-corrected chi connectivity index (χ3v) is 5.65. The van der Waals surface area contributed by atoms with Crippen molar-refractivity contribution < 1.29 is 9.90 Å². The van der Waals surface area contributed by atoms with Crippen molar-refractivity contribution in [3.05, 3.63) is 35.4 Å². The second-order valence-electron chi connectivity index (χ2n) is 7.43. The summed E-state index contributed by atoms with van der Waals surface area (Å²) < 4.78 is 0. The summed E-state index contributed by atoms with van der Waals surface area (Å²) in [4.78, 5) is 14.8. The average molecular weight is 330 g/mol. The highest BCUT2D eigenvalue weighted by Gasteiger charge is 2.33. The van der Waals surface area contributed by atoms with Crippen LogP contribution in [0.2, 0.25) is 0 Å². The standard InChI is InChI=1S/C20H30N2O2/c1-15-6-8-16(9-7-15)14-21-20(24)17-10-12-22(13-11-17)18-4-2-3-5-19(18)23/h6-9,17-19,23H,2-5,10-14H2,1H3,(H,21,24)/t18-,19+/m0/s1. The number of rotatable bonds is 4. The third kappa shape index (κ3) is 4.37. The Morgan fingerprint density at radius 3 is 2.46 bits per heavy atom. The van der Waals surface area contributed by atoms with Crippen LogP contribution in [0.15, 0.2) is 24.3 Å². The van der Waals surface area contributed by atoms with E-state index >= 15 is 0 Å². The molecular weight excluding hydrogens is 300 g/mol. The van der Waals surface area contributed by atoms with Crippen LogP contribution in [0.1, 0.15) is 49.7 Å². The minimum atomic E-state index is -0.175. The predicted octanol–water partition coefficient (Wildman–Crippen LogP) is 2.63. The number of aryl methyl sites for hydroxylation is 1. The lowest BCUT2D eigenvalue weighted by Crippen LogP contribution is -2.50. The van der Waals surface area contributed by atoms with Crippen molar-refractivity contribution in [2.24, 2.45) is 5.92 Å². The number of hydrogen-bond donors (Lipinski definition) is 2. The van der Waals surface area contributed by atoms with Crippen molar-refractivity contribution in [3.8, 4) is 0 Å². The molecular formula is C20H30N2O2. The number of nitrogens with zero attached hydrogens (tertiary/aromatic N) is 1. The molecule has 0 spiro atoms. The Bertz CT molecular complexity index is 535. The van der Waals surface area contributed by atoms with Gasteiger partial charge in [-0.2, -0.15) is 0 Å². The van der Waals surface area contributed by atoms with Crippen LogP contribution >= 0.6 is 0 Å². The number of hydrogen-bond acceptors (Lipinski definition) is 3. The molecule has 1 aliphatic carbocycles. The topological polar surface area (TPSA) is 52.6 Å². The van der Waals surface area contributed by atoms with E-state index in [9.17, 15) is 9.90 Å². The van der Waals surface area contributed by atoms with Gasteiger partial charge < -0.3 is 10.4 Å². The zero-order valence-corrected chi connectivity index (χ0v) is 14.7. The van der Waals surface area contributed by atoms with Crippen molar-refractivity contribution >= 4 is 5.91 Å². The Morgan fingerprint density at radius 1 is 1.12 bits per heavy atom. The molecule has 1 saturated carbocycles. The van der Waals surface area contributed by atoms with Crippen molar-refractivity contribution in [1.82, 2.24) is 10.2 Å². The van der Waals surface area contributed by atoms with Crippen molar-refractivity contribution in [1.29, 1.82) is 0 Å². The van der Waals surface area contributed by atoms with Gasteiger partial charge in [0.25, 0.3) is 0 Å². The highest BCUT2D eigenvalue weighted by Crippen LogP contribution is 2.27. The molecule has 2 atom stereocenters. The van der Waals surface area contributed by atoms with Gasteiger partial charge in [0.05, 0.1) is 6.10 Å². The fourth-order valence-electron chi connectivity index (χ4n) is 4.05. The maximum atomic E-state index is 12.4. The molecule has 1 heterocycles. The van der Waals surface area contributed by atoms with E-state index in [1.165, 1.54) is 12.0 Å². The fraction of sp³-hybridized carbons (Fsp3) is 0.650. The lowest BCUT2D eigenvalue weighted by atomic mass is 9.88. The number of carbonyl (C=O) groups is 1. The van der Waals surface area contributed by atoms with Gasteiger partial charge in [0, 0.05) is 18.5 Å². The molecule has 1 aromatic rings. The first-order valence-electron chi connectivity index (χ1n) is 9.39. The quantitative estimate of drug-likeness (QED) is 0.892.